The van der Waals surface area contributed by atoms with Gasteiger partial charge in [0.2, 0.25) is 0 Å². The van der Waals surface area contributed by atoms with Gasteiger partial charge >= 0.3 is 5.97 Å². The number of rotatable bonds is 6. The monoisotopic (exact) mass is 239 g/mol. The lowest BCUT2D eigenvalue weighted by Crippen LogP contribution is -2.16. The van der Waals surface area contributed by atoms with E-state index in [-0.39, 0.29) is 12.5 Å². The Morgan fingerprint density at radius 2 is 2.06 bits per heavy atom. The molecule has 0 amide bonds. The number of aliphatic carboxylic acids is 1. The molecule has 1 N–H and O–H groups in total. The summed E-state index contributed by atoms with van der Waals surface area (Å²) in [6.07, 6.45) is 1.75. The lowest BCUT2D eigenvalue weighted by molar-refractivity contribution is -0.136. The summed E-state index contributed by atoms with van der Waals surface area (Å²) in [6, 6.07) is 0.242. The Balaban J connectivity index is 3.05. The minimum atomic E-state index is -0.855. The Hall–Kier alpha value is -1.39. The summed E-state index contributed by atoms with van der Waals surface area (Å²) in [5.41, 5.74) is 1.57. The number of hydrogen-bond acceptors (Lipinski definition) is 3. The van der Waals surface area contributed by atoms with Crippen molar-refractivity contribution in [1.82, 2.24) is 15.0 Å². The molecular formula is C12H21N3O2. The number of carbonyl (C=O) groups is 1. The average molecular weight is 239 g/mol. The molecule has 1 rings (SSSR count). The molecule has 1 heterocycles. The molecule has 5 nitrogen and oxygen atoms in total. The molecule has 0 radical (unpaired) electrons. The van der Waals surface area contributed by atoms with E-state index in [1.807, 2.05) is 4.68 Å². The molecule has 96 valence electrons. The molecule has 0 fully saturated rings. The number of carboxylic acid groups (broad SMARTS) is 1. The van der Waals surface area contributed by atoms with Gasteiger partial charge in [-0.05, 0) is 19.3 Å². The van der Waals surface area contributed by atoms with E-state index in [0.29, 0.717) is 11.6 Å². The van der Waals surface area contributed by atoms with E-state index in [2.05, 4.69) is 38.0 Å². The fourth-order valence-electron chi connectivity index (χ4n) is 1.73. The average Bonchev–Trinajstić information content (AvgIpc) is 2.60. The minimum absolute atomic E-state index is 0.0415. The Morgan fingerprint density at radius 1 is 1.41 bits per heavy atom. The molecule has 0 saturated carbocycles. The fraction of sp³-hybridized carbons (Fsp3) is 0.750. The maximum absolute atomic E-state index is 10.8. The standard InChI is InChI=1S/C12H21N3O2/c1-5-6-11-10(7-12(16)17)13-14-15(11)9(4)8(2)3/h8-9H,5-7H2,1-4H3,(H,16,17). The number of aromatic nitrogens is 3. The van der Waals surface area contributed by atoms with Crippen molar-refractivity contribution >= 4 is 5.97 Å². The van der Waals surface area contributed by atoms with Crippen LogP contribution in [0.2, 0.25) is 0 Å². The second kappa shape index (κ2) is 5.80. The van der Waals surface area contributed by atoms with Gasteiger partial charge in [0.05, 0.1) is 23.9 Å². The van der Waals surface area contributed by atoms with Crippen molar-refractivity contribution in [1.29, 1.82) is 0 Å². The molecular weight excluding hydrogens is 218 g/mol. The molecule has 1 unspecified atom stereocenters. The van der Waals surface area contributed by atoms with Crippen molar-refractivity contribution in [2.45, 2.75) is 53.0 Å². The SMILES string of the molecule is CCCc1c(CC(=O)O)nnn1C(C)C(C)C. The first-order chi connectivity index (χ1) is 7.97. The van der Waals surface area contributed by atoms with Gasteiger partial charge in [-0.15, -0.1) is 5.10 Å². The van der Waals surface area contributed by atoms with E-state index in [1.165, 1.54) is 0 Å². The highest BCUT2D eigenvalue weighted by Gasteiger charge is 2.19. The zero-order valence-corrected chi connectivity index (χ0v) is 11.0. The molecule has 5 heteroatoms. The second-order valence-electron chi connectivity index (χ2n) is 4.73. The Labute approximate surface area is 102 Å². The topological polar surface area (TPSA) is 68.0 Å². The smallest absolute Gasteiger partial charge is 0.309 e. The molecule has 1 aromatic heterocycles. The van der Waals surface area contributed by atoms with Gasteiger partial charge in [-0.1, -0.05) is 32.4 Å². The predicted molar refractivity (Wildman–Crippen MR) is 64.9 cm³/mol. The molecule has 0 bridgehead atoms. The molecule has 0 spiro atoms. The lowest BCUT2D eigenvalue weighted by Gasteiger charge is -2.18. The highest BCUT2D eigenvalue weighted by atomic mass is 16.4. The van der Waals surface area contributed by atoms with Gasteiger partial charge < -0.3 is 5.11 Å². The van der Waals surface area contributed by atoms with Crippen LogP contribution in [-0.4, -0.2) is 26.1 Å². The summed E-state index contributed by atoms with van der Waals surface area (Å²) in [5, 5.41) is 17.0. The first kappa shape index (κ1) is 13.7. The molecule has 0 saturated heterocycles. The van der Waals surface area contributed by atoms with E-state index in [1.54, 1.807) is 0 Å². The first-order valence-electron chi connectivity index (χ1n) is 6.12. The van der Waals surface area contributed by atoms with Crippen molar-refractivity contribution in [3.8, 4) is 0 Å². The van der Waals surface area contributed by atoms with Crippen LogP contribution in [0.4, 0.5) is 0 Å². The second-order valence-corrected chi connectivity index (χ2v) is 4.73. The molecule has 0 aliphatic heterocycles. The van der Waals surface area contributed by atoms with Crippen molar-refractivity contribution in [3.63, 3.8) is 0 Å². The third-order valence-electron chi connectivity index (χ3n) is 3.03. The van der Waals surface area contributed by atoms with Crippen molar-refractivity contribution < 1.29 is 9.90 Å². The number of carboxylic acids is 1. The van der Waals surface area contributed by atoms with Gasteiger partial charge in [0, 0.05) is 0 Å². The maximum atomic E-state index is 10.8. The first-order valence-corrected chi connectivity index (χ1v) is 6.12. The van der Waals surface area contributed by atoms with Crippen LogP contribution in [-0.2, 0) is 17.6 Å². The van der Waals surface area contributed by atoms with E-state index < -0.39 is 5.97 Å². The summed E-state index contributed by atoms with van der Waals surface area (Å²) in [7, 11) is 0. The molecule has 1 aromatic rings. The van der Waals surface area contributed by atoms with Crippen molar-refractivity contribution in [3.05, 3.63) is 11.4 Å². The lowest BCUT2D eigenvalue weighted by atomic mass is 10.1. The van der Waals surface area contributed by atoms with Gasteiger partial charge in [0.1, 0.15) is 0 Å². The summed E-state index contributed by atoms with van der Waals surface area (Å²) in [5.74, 6) is -0.406. The zero-order chi connectivity index (χ0) is 13.0. The maximum Gasteiger partial charge on any atom is 0.309 e. The van der Waals surface area contributed by atoms with E-state index >= 15 is 0 Å². The van der Waals surface area contributed by atoms with Crippen molar-refractivity contribution in [2.75, 3.05) is 0 Å². The molecule has 0 aliphatic carbocycles. The van der Waals surface area contributed by atoms with Crippen LogP contribution in [0.15, 0.2) is 0 Å². The zero-order valence-electron chi connectivity index (χ0n) is 11.0. The summed E-state index contributed by atoms with van der Waals surface area (Å²) in [6.45, 7) is 8.41. The van der Waals surface area contributed by atoms with Crippen LogP contribution in [0.3, 0.4) is 0 Å². The van der Waals surface area contributed by atoms with Gasteiger partial charge in [0.15, 0.2) is 0 Å². The highest BCUT2D eigenvalue weighted by Crippen LogP contribution is 2.20. The molecule has 17 heavy (non-hydrogen) atoms. The van der Waals surface area contributed by atoms with E-state index in [9.17, 15) is 4.79 Å². The summed E-state index contributed by atoms with van der Waals surface area (Å²) in [4.78, 5) is 10.8. The quantitative estimate of drug-likeness (QED) is 0.825. The van der Waals surface area contributed by atoms with Crippen LogP contribution in [0.25, 0.3) is 0 Å². The molecule has 0 aliphatic rings. The van der Waals surface area contributed by atoms with Gasteiger partial charge in [-0.25, -0.2) is 4.68 Å². The van der Waals surface area contributed by atoms with Crippen LogP contribution in [0.1, 0.15) is 51.5 Å². The Kier molecular flexibility index (Phi) is 4.66. The Bertz CT molecular complexity index is 385. The molecule has 0 aromatic carbocycles. The van der Waals surface area contributed by atoms with Crippen LogP contribution in [0, 0.1) is 5.92 Å². The largest absolute Gasteiger partial charge is 0.481 e. The van der Waals surface area contributed by atoms with Gasteiger partial charge in [0.25, 0.3) is 0 Å². The summed E-state index contributed by atoms with van der Waals surface area (Å²) < 4.78 is 1.88. The Morgan fingerprint density at radius 3 is 2.53 bits per heavy atom. The fourth-order valence-corrected chi connectivity index (χ4v) is 1.73. The van der Waals surface area contributed by atoms with E-state index in [4.69, 9.17) is 5.11 Å². The van der Waals surface area contributed by atoms with Crippen LogP contribution >= 0.6 is 0 Å². The van der Waals surface area contributed by atoms with Crippen LogP contribution in [0.5, 0.6) is 0 Å². The predicted octanol–water partition coefficient (Wildman–Crippen LogP) is 2.07. The summed E-state index contributed by atoms with van der Waals surface area (Å²) >= 11 is 0. The highest BCUT2D eigenvalue weighted by molar-refractivity contribution is 5.69. The normalized spacial score (nSPS) is 13.0. The number of nitrogens with zero attached hydrogens (tertiary/aromatic N) is 3. The van der Waals surface area contributed by atoms with Gasteiger partial charge in [-0.3, -0.25) is 4.79 Å². The third-order valence-corrected chi connectivity index (χ3v) is 3.03. The third kappa shape index (κ3) is 3.28. The van der Waals surface area contributed by atoms with Crippen LogP contribution < -0.4 is 0 Å². The molecule has 1 atom stereocenters. The van der Waals surface area contributed by atoms with Crippen molar-refractivity contribution in [2.24, 2.45) is 5.92 Å². The van der Waals surface area contributed by atoms with E-state index in [0.717, 1.165) is 18.5 Å². The minimum Gasteiger partial charge on any atom is -0.481 e. The van der Waals surface area contributed by atoms with Gasteiger partial charge in [-0.2, -0.15) is 0 Å². The number of hydrogen-bond donors (Lipinski definition) is 1.